The lowest BCUT2D eigenvalue weighted by Gasteiger charge is -2.23. The number of amides is 2. The summed E-state index contributed by atoms with van der Waals surface area (Å²) in [4.78, 5) is 25.8. The van der Waals surface area contributed by atoms with E-state index < -0.39 is 11.4 Å². The topological polar surface area (TPSA) is 78.9 Å². The number of carboxylic acids is 1. The lowest BCUT2D eigenvalue weighted by atomic mass is 9.81. The van der Waals surface area contributed by atoms with Gasteiger partial charge in [-0.25, -0.2) is 4.79 Å². The fraction of sp³-hybridized carbons (Fsp3) is 0.556. The molecule has 2 amide bonds. The van der Waals surface area contributed by atoms with E-state index in [-0.39, 0.29) is 18.1 Å². The number of benzene rings is 1. The zero-order valence-electron chi connectivity index (χ0n) is 13.5. The summed E-state index contributed by atoms with van der Waals surface area (Å²) in [7, 11) is 0. The lowest BCUT2D eigenvalue weighted by molar-refractivity contribution is -0.149. The van der Waals surface area contributed by atoms with Gasteiger partial charge in [0, 0.05) is 19.5 Å². The predicted molar refractivity (Wildman–Crippen MR) is 86.9 cm³/mol. The molecule has 6 nitrogen and oxygen atoms in total. The van der Waals surface area contributed by atoms with Crippen molar-refractivity contribution < 1.29 is 19.4 Å². The van der Waals surface area contributed by atoms with E-state index in [0.717, 1.165) is 30.6 Å². The third-order valence-electron chi connectivity index (χ3n) is 5.78. The molecule has 1 saturated heterocycles. The Morgan fingerprint density at radius 1 is 1.38 bits per heavy atom. The smallest absolute Gasteiger partial charge is 0.317 e. The monoisotopic (exact) mass is 330 g/mol. The number of hydrogen-bond donors (Lipinski definition) is 2. The fourth-order valence-corrected chi connectivity index (χ4v) is 4.47. The number of hydrogen-bond acceptors (Lipinski definition) is 3. The number of nitrogens with zero attached hydrogens (tertiary/aromatic N) is 1. The van der Waals surface area contributed by atoms with E-state index in [1.165, 1.54) is 0 Å². The molecule has 1 saturated carbocycles. The van der Waals surface area contributed by atoms with Gasteiger partial charge in [-0.1, -0.05) is 24.6 Å². The second-order valence-electron chi connectivity index (χ2n) is 7.17. The first-order valence-corrected chi connectivity index (χ1v) is 8.59. The van der Waals surface area contributed by atoms with Gasteiger partial charge >= 0.3 is 12.0 Å². The average molecular weight is 330 g/mol. The molecule has 3 aliphatic rings. The molecule has 2 fully saturated rings. The van der Waals surface area contributed by atoms with Crippen LogP contribution in [0, 0.1) is 11.3 Å². The number of carbonyl (C=O) groups is 2. The average Bonchev–Trinajstić information content (AvgIpc) is 3.23. The maximum atomic E-state index is 12.4. The van der Waals surface area contributed by atoms with Crippen LogP contribution in [0.15, 0.2) is 24.3 Å². The fourth-order valence-electron chi connectivity index (χ4n) is 4.47. The van der Waals surface area contributed by atoms with E-state index >= 15 is 0 Å². The van der Waals surface area contributed by atoms with Gasteiger partial charge in [-0.15, -0.1) is 0 Å². The van der Waals surface area contributed by atoms with Gasteiger partial charge in [0.15, 0.2) is 0 Å². The van der Waals surface area contributed by atoms with Crippen LogP contribution in [0.3, 0.4) is 0 Å². The number of ether oxygens (including phenoxy) is 1. The number of carboxylic acid groups (broad SMARTS) is 1. The Bertz CT molecular complexity index is 652. The second kappa shape index (κ2) is 5.69. The number of nitrogens with one attached hydrogen (secondary N) is 1. The minimum atomic E-state index is -0.755. The van der Waals surface area contributed by atoms with Crippen molar-refractivity contribution in [2.75, 3.05) is 19.6 Å². The zero-order valence-corrected chi connectivity index (χ0v) is 13.5. The van der Waals surface area contributed by atoms with Crippen LogP contribution in [0.1, 0.15) is 24.8 Å². The van der Waals surface area contributed by atoms with Crippen molar-refractivity contribution in [3.63, 3.8) is 0 Å². The van der Waals surface area contributed by atoms with Crippen molar-refractivity contribution in [3.05, 3.63) is 29.8 Å². The molecule has 0 radical (unpaired) electrons. The van der Waals surface area contributed by atoms with Crippen LogP contribution in [0.25, 0.3) is 0 Å². The number of para-hydroxylation sites is 1. The number of fused-ring (bicyclic) bond motifs is 2. The van der Waals surface area contributed by atoms with Gasteiger partial charge in [-0.2, -0.15) is 0 Å². The molecule has 1 aromatic rings. The summed E-state index contributed by atoms with van der Waals surface area (Å²) in [5.74, 6) is 0.222. The quantitative estimate of drug-likeness (QED) is 0.887. The Labute approximate surface area is 140 Å². The number of likely N-dealkylation sites (tertiary alicyclic amines) is 1. The van der Waals surface area contributed by atoms with Crippen LogP contribution in [0.2, 0.25) is 0 Å². The minimum Gasteiger partial charge on any atom is -0.488 e. The number of urea groups is 1. The first-order chi connectivity index (χ1) is 11.6. The summed E-state index contributed by atoms with van der Waals surface area (Å²) < 4.78 is 5.83. The summed E-state index contributed by atoms with van der Waals surface area (Å²) in [5, 5.41) is 12.5. The molecule has 3 atom stereocenters. The van der Waals surface area contributed by atoms with E-state index in [1.54, 1.807) is 4.90 Å². The van der Waals surface area contributed by atoms with Crippen molar-refractivity contribution in [3.8, 4) is 5.75 Å². The lowest BCUT2D eigenvalue weighted by Crippen LogP contribution is -2.44. The van der Waals surface area contributed by atoms with Crippen molar-refractivity contribution in [1.82, 2.24) is 10.2 Å². The Morgan fingerprint density at radius 3 is 2.96 bits per heavy atom. The molecule has 1 aromatic carbocycles. The van der Waals surface area contributed by atoms with Crippen molar-refractivity contribution >= 4 is 12.0 Å². The van der Waals surface area contributed by atoms with Crippen LogP contribution in [-0.2, 0) is 11.2 Å². The molecule has 4 rings (SSSR count). The normalized spacial score (nSPS) is 30.6. The predicted octanol–water partition coefficient (Wildman–Crippen LogP) is 1.89. The highest BCUT2D eigenvalue weighted by Crippen LogP contribution is 2.48. The summed E-state index contributed by atoms with van der Waals surface area (Å²) >= 11 is 0. The standard InChI is InChI=1S/C18H22N2O4/c21-16(22)18-7-3-5-13(18)10-20(11-18)17(23)19-9-14-8-12-4-1-2-6-15(12)24-14/h1-2,4,6,13-14H,3,5,7-11H2,(H,19,23)(H,21,22)/t13-,14?,18+/m0/s1. The Morgan fingerprint density at radius 2 is 2.21 bits per heavy atom. The zero-order chi connectivity index (χ0) is 16.7. The molecule has 2 aliphatic heterocycles. The van der Waals surface area contributed by atoms with Crippen LogP contribution in [0.5, 0.6) is 5.75 Å². The number of aliphatic carboxylic acids is 1. The minimum absolute atomic E-state index is 0.0538. The van der Waals surface area contributed by atoms with Crippen LogP contribution < -0.4 is 10.1 Å². The molecule has 24 heavy (non-hydrogen) atoms. The largest absolute Gasteiger partial charge is 0.488 e. The molecule has 6 heteroatoms. The van der Waals surface area contributed by atoms with Gasteiger partial charge in [0.25, 0.3) is 0 Å². The van der Waals surface area contributed by atoms with E-state index in [9.17, 15) is 14.7 Å². The van der Waals surface area contributed by atoms with Crippen LogP contribution >= 0.6 is 0 Å². The van der Waals surface area contributed by atoms with Gasteiger partial charge in [0.05, 0.1) is 12.0 Å². The van der Waals surface area contributed by atoms with E-state index in [2.05, 4.69) is 5.32 Å². The van der Waals surface area contributed by atoms with Crippen molar-refractivity contribution in [2.24, 2.45) is 11.3 Å². The van der Waals surface area contributed by atoms with Crippen LogP contribution in [-0.4, -0.2) is 47.7 Å². The summed E-state index contributed by atoms with van der Waals surface area (Å²) in [6, 6.07) is 7.72. The third kappa shape index (κ3) is 2.41. The van der Waals surface area contributed by atoms with E-state index in [1.807, 2.05) is 24.3 Å². The molecule has 0 bridgehead atoms. The first kappa shape index (κ1) is 15.3. The van der Waals surface area contributed by atoms with Crippen molar-refractivity contribution in [2.45, 2.75) is 31.8 Å². The Kier molecular flexibility index (Phi) is 3.62. The molecule has 0 spiro atoms. The van der Waals surface area contributed by atoms with E-state index in [0.29, 0.717) is 26.1 Å². The highest BCUT2D eigenvalue weighted by molar-refractivity contribution is 5.80. The number of carbonyl (C=O) groups excluding carboxylic acids is 1. The number of rotatable bonds is 3. The molecule has 1 aliphatic carbocycles. The van der Waals surface area contributed by atoms with Gasteiger partial charge in [0.2, 0.25) is 0 Å². The maximum Gasteiger partial charge on any atom is 0.317 e. The van der Waals surface area contributed by atoms with Gasteiger partial charge < -0.3 is 20.1 Å². The Hall–Kier alpha value is -2.24. The van der Waals surface area contributed by atoms with Gasteiger partial charge in [-0.05, 0) is 30.4 Å². The molecule has 0 aromatic heterocycles. The Balaban J connectivity index is 1.33. The SMILES string of the molecule is O=C(NCC1Cc2ccccc2O1)N1C[C@@H]2CCC[C@@]2(C(=O)O)C1. The highest BCUT2D eigenvalue weighted by atomic mass is 16.5. The molecule has 1 unspecified atom stereocenters. The summed E-state index contributed by atoms with van der Waals surface area (Å²) in [5.41, 5.74) is 0.439. The summed E-state index contributed by atoms with van der Waals surface area (Å²) in [6.45, 7) is 1.31. The van der Waals surface area contributed by atoms with Crippen molar-refractivity contribution in [1.29, 1.82) is 0 Å². The van der Waals surface area contributed by atoms with Crippen LogP contribution in [0.4, 0.5) is 4.79 Å². The highest BCUT2D eigenvalue weighted by Gasteiger charge is 2.55. The molecular formula is C18H22N2O4. The second-order valence-corrected chi connectivity index (χ2v) is 7.17. The molecular weight excluding hydrogens is 308 g/mol. The van der Waals surface area contributed by atoms with Gasteiger partial charge in [0.1, 0.15) is 11.9 Å². The summed E-state index contributed by atoms with van der Waals surface area (Å²) in [6.07, 6.45) is 3.26. The van der Waals surface area contributed by atoms with Gasteiger partial charge in [-0.3, -0.25) is 4.79 Å². The molecule has 128 valence electrons. The van der Waals surface area contributed by atoms with E-state index in [4.69, 9.17) is 4.74 Å². The first-order valence-electron chi connectivity index (χ1n) is 8.59. The molecule has 2 heterocycles. The third-order valence-corrected chi connectivity index (χ3v) is 5.78. The maximum absolute atomic E-state index is 12.4. The molecule has 2 N–H and O–H groups in total.